The van der Waals surface area contributed by atoms with Crippen LogP contribution < -0.4 is 5.73 Å². The third-order valence-electron chi connectivity index (χ3n) is 1.90. The van der Waals surface area contributed by atoms with Crippen molar-refractivity contribution < 1.29 is 9.90 Å². The van der Waals surface area contributed by atoms with E-state index in [9.17, 15) is 4.79 Å². The second kappa shape index (κ2) is 5.84. The summed E-state index contributed by atoms with van der Waals surface area (Å²) in [5.41, 5.74) is 6.26. The van der Waals surface area contributed by atoms with Crippen molar-refractivity contribution in [2.24, 2.45) is 5.73 Å². The highest BCUT2D eigenvalue weighted by atomic mass is 16.4. The minimum atomic E-state index is -0.975. The van der Waals surface area contributed by atoms with E-state index in [0.29, 0.717) is 12.8 Å². The number of carbonyl (C=O) groups is 1. The third-order valence-corrected chi connectivity index (χ3v) is 1.90. The summed E-state index contributed by atoms with van der Waals surface area (Å²) in [7, 11) is 0. The molecular formula is C12H13NO2. The lowest BCUT2D eigenvalue weighted by Crippen LogP contribution is -2.29. The van der Waals surface area contributed by atoms with Crippen LogP contribution in [0.2, 0.25) is 0 Å². The van der Waals surface area contributed by atoms with Crippen molar-refractivity contribution in [1.29, 1.82) is 0 Å². The fourth-order valence-electron chi connectivity index (χ4n) is 1.04. The van der Waals surface area contributed by atoms with Gasteiger partial charge in [-0.25, -0.2) is 0 Å². The molecule has 1 aromatic rings. The van der Waals surface area contributed by atoms with Gasteiger partial charge < -0.3 is 10.8 Å². The van der Waals surface area contributed by atoms with Crippen LogP contribution in [0.5, 0.6) is 0 Å². The predicted molar refractivity (Wildman–Crippen MR) is 58.2 cm³/mol. The molecule has 1 atom stereocenters. The van der Waals surface area contributed by atoms with E-state index in [-0.39, 0.29) is 0 Å². The predicted octanol–water partition coefficient (Wildman–Crippen LogP) is 1.23. The van der Waals surface area contributed by atoms with Crippen molar-refractivity contribution in [2.45, 2.75) is 18.9 Å². The van der Waals surface area contributed by atoms with Gasteiger partial charge >= 0.3 is 5.97 Å². The lowest BCUT2D eigenvalue weighted by atomic mass is 10.1. The molecule has 3 N–H and O–H groups in total. The molecule has 15 heavy (non-hydrogen) atoms. The molecule has 0 bridgehead atoms. The smallest absolute Gasteiger partial charge is 0.320 e. The molecule has 3 heteroatoms. The Morgan fingerprint density at radius 1 is 1.40 bits per heavy atom. The molecule has 0 aromatic heterocycles. The maximum atomic E-state index is 10.4. The van der Waals surface area contributed by atoms with Crippen LogP contribution in [-0.4, -0.2) is 17.1 Å². The van der Waals surface area contributed by atoms with Gasteiger partial charge in [-0.3, -0.25) is 4.79 Å². The van der Waals surface area contributed by atoms with E-state index >= 15 is 0 Å². The van der Waals surface area contributed by atoms with Crippen LogP contribution in [0.3, 0.4) is 0 Å². The zero-order valence-electron chi connectivity index (χ0n) is 8.31. The maximum absolute atomic E-state index is 10.4. The molecule has 0 amide bonds. The Balaban J connectivity index is 2.38. The Bertz CT molecular complexity index is 376. The van der Waals surface area contributed by atoms with E-state index in [0.717, 1.165) is 5.56 Å². The number of rotatable bonds is 3. The van der Waals surface area contributed by atoms with Gasteiger partial charge in [-0.2, -0.15) is 0 Å². The van der Waals surface area contributed by atoms with Crippen LogP contribution in [-0.2, 0) is 4.79 Å². The van der Waals surface area contributed by atoms with Crippen molar-refractivity contribution in [3.63, 3.8) is 0 Å². The molecule has 0 aliphatic heterocycles. The van der Waals surface area contributed by atoms with Gasteiger partial charge in [-0.1, -0.05) is 30.0 Å². The van der Waals surface area contributed by atoms with Crippen molar-refractivity contribution in [3.05, 3.63) is 35.9 Å². The van der Waals surface area contributed by atoms with Gasteiger partial charge in [0.05, 0.1) is 0 Å². The van der Waals surface area contributed by atoms with Crippen LogP contribution >= 0.6 is 0 Å². The van der Waals surface area contributed by atoms with E-state index in [4.69, 9.17) is 10.8 Å². The minimum Gasteiger partial charge on any atom is -0.480 e. The molecule has 0 aliphatic carbocycles. The maximum Gasteiger partial charge on any atom is 0.320 e. The van der Waals surface area contributed by atoms with Crippen molar-refractivity contribution in [3.8, 4) is 11.8 Å². The fourth-order valence-corrected chi connectivity index (χ4v) is 1.04. The number of carboxylic acids is 1. The molecule has 1 rings (SSSR count). The van der Waals surface area contributed by atoms with Crippen molar-refractivity contribution in [1.82, 2.24) is 0 Å². The minimum absolute atomic E-state index is 0.384. The molecule has 0 radical (unpaired) electrons. The van der Waals surface area contributed by atoms with E-state index in [1.165, 1.54) is 0 Å². The van der Waals surface area contributed by atoms with Gasteiger partial charge in [0.2, 0.25) is 0 Å². The molecule has 0 fully saturated rings. The highest BCUT2D eigenvalue weighted by Gasteiger charge is 2.08. The van der Waals surface area contributed by atoms with Gasteiger partial charge in [0, 0.05) is 12.0 Å². The SMILES string of the molecule is N[C@H](CCC#Cc1ccccc1)C(=O)O. The lowest BCUT2D eigenvalue weighted by molar-refractivity contribution is -0.138. The number of hydrogen-bond acceptors (Lipinski definition) is 2. The van der Waals surface area contributed by atoms with Crippen molar-refractivity contribution >= 4 is 5.97 Å². The summed E-state index contributed by atoms with van der Waals surface area (Å²) >= 11 is 0. The zero-order valence-corrected chi connectivity index (χ0v) is 8.31. The fraction of sp³-hybridized carbons (Fsp3) is 0.250. The zero-order chi connectivity index (χ0) is 11.1. The molecule has 0 spiro atoms. The van der Waals surface area contributed by atoms with Gasteiger partial charge in [0.1, 0.15) is 6.04 Å². The summed E-state index contributed by atoms with van der Waals surface area (Å²) in [6.45, 7) is 0. The number of nitrogens with two attached hydrogens (primary N) is 1. The van der Waals surface area contributed by atoms with Crippen LogP contribution in [0.25, 0.3) is 0 Å². The number of benzene rings is 1. The average Bonchev–Trinajstić information content (AvgIpc) is 2.25. The first kappa shape index (κ1) is 11.3. The van der Waals surface area contributed by atoms with E-state index < -0.39 is 12.0 Å². The van der Waals surface area contributed by atoms with Crippen LogP contribution in [0.1, 0.15) is 18.4 Å². The second-order valence-corrected chi connectivity index (χ2v) is 3.15. The lowest BCUT2D eigenvalue weighted by Gasteiger charge is -2.00. The van der Waals surface area contributed by atoms with E-state index in [2.05, 4.69) is 11.8 Å². The summed E-state index contributed by atoms with van der Waals surface area (Å²) in [4.78, 5) is 10.4. The van der Waals surface area contributed by atoms with Crippen LogP contribution in [0.4, 0.5) is 0 Å². The van der Waals surface area contributed by atoms with Gasteiger partial charge in [-0.05, 0) is 18.6 Å². The Labute approximate surface area is 88.9 Å². The standard InChI is InChI=1S/C12H13NO2/c13-11(12(14)15)9-5-4-8-10-6-2-1-3-7-10/h1-3,6-7,11H,5,9,13H2,(H,14,15)/t11-/m1/s1. The molecule has 0 unspecified atom stereocenters. The summed E-state index contributed by atoms with van der Waals surface area (Å²) in [5.74, 6) is 4.86. The van der Waals surface area contributed by atoms with Crippen LogP contribution in [0.15, 0.2) is 30.3 Å². The first-order valence-electron chi connectivity index (χ1n) is 4.72. The first-order chi connectivity index (χ1) is 7.20. The summed E-state index contributed by atoms with van der Waals surface area (Å²) < 4.78 is 0. The number of hydrogen-bond donors (Lipinski definition) is 2. The highest BCUT2D eigenvalue weighted by Crippen LogP contribution is 1.97. The van der Waals surface area contributed by atoms with Gasteiger partial charge in [0.25, 0.3) is 0 Å². The Kier molecular flexibility index (Phi) is 4.39. The number of aliphatic carboxylic acids is 1. The molecule has 1 aromatic carbocycles. The number of carboxylic acid groups (broad SMARTS) is 1. The van der Waals surface area contributed by atoms with E-state index in [1.807, 2.05) is 30.3 Å². The molecule has 3 nitrogen and oxygen atoms in total. The monoisotopic (exact) mass is 203 g/mol. The molecule has 0 saturated heterocycles. The largest absolute Gasteiger partial charge is 0.480 e. The molecule has 0 heterocycles. The van der Waals surface area contributed by atoms with E-state index in [1.54, 1.807) is 0 Å². The molecule has 78 valence electrons. The summed E-state index contributed by atoms with van der Waals surface area (Å²) in [6, 6.07) is 8.75. The Hall–Kier alpha value is -1.79. The molecular weight excluding hydrogens is 190 g/mol. The van der Waals surface area contributed by atoms with Crippen LogP contribution in [0, 0.1) is 11.8 Å². The first-order valence-corrected chi connectivity index (χ1v) is 4.72. The molecule has 0 saturated carbocycles. The Morgan fingerprint density at radius 2 is 2.07 bits per heavy atom. The quantitative estimate of drug-likeness (QED) is 0.726. The van der Waals surface area contributed by atoms with Gasteiger partial charge in [0.15, 0.2) is 0 Å². The normalized spacial score (nSPS) is 11.3. The summed E-state index contributed by atoms with van der Waals surface area (Å²) in [6.07, 6.45) is 0.886. The molecule has 0 aliphatic rings. The second-order valence-electron chi connectivity index (χ2n) is 3.15. The van der Waals surface area contributed by atoms with Gasteiger partial charge in [-0.15, -0.1) is 0 Å². The highest BCUT2D eigenvalue weighted by molar-refractivity contribution is 5.73. The van der Waals surface area contributed by atoms with Crippen molar-refractivity contribution in [2.75, 3.05) is 0 Å². The topological polar surface area (TPSA) is 63.3 Å². The Morgan fingerprint density at radius 3 is 2.67 bits per heavy atom. The third kappa shape index (κ3) is 4.30. The summed E-state index contributed by atoms with van der Waals surface area (Å²) in [5, 5.41) is 8.53. The average molecular weight is 203 g/mol.